The molecule has 2 rings (SSSR count). The van der Waals surface area contributed by atoms with E-state index < -0.39 is 16.0 Å². The standard InChI is InChI=1S/C12H15NO4S/c1-13(9-7-8-9)18(15,16)11-6-4-3-5-10(11)12(14)17-2/h3-6,9H,7-8H2,1-2H3. The van der Waals surface area contributed by atoms with Gasteiger partial charge in [0.1, 0.15) is 0 Å². The lowest BCUT2D eigenvalue weighted by Gasteiger charge is -2.17. The third kappa shape index (κ3) is 2.26. The van der Waals surface area contributed by atoms with Crippen LogP contribution < -0.4 is 0 Å². The summed E-state index contributed by atoms with van der Waals surface area (Å²) in [5, 5.41) is 0. The molecule has 18 heavy (non-hydrogen) atoms. The van der Waals surface area contributed by atoms with Crippen LogP contribution in [0.25, 0.3) is 0 Å². The summed E-state index contributed by atoms with van der Waals surface area (Å²) in [6, 6.07) is 6.16. The molecule has 5 nitrogen and oxygen atoms in total. The average Bonchev–Trinajstić information content (AvgIpc) is 3.21. The predicted octanol–water partition coefficient (Wildman–Crippen LogP) is 1.26. The lowest BCUT2D eigenvalue weighted by Crippen LogP contribution is -2.30. The first-order chi connectivity index (χ1) is 8.48. The number of benzene rings is 1. The van der Waals surface area contributed by atoms with E-state index in [9.17, 15) is 13.2 Å². The second-order valence-corrected chi connectivity index (χ2v) is 6.21. The van der Waals surface area contributed by atoms with Crippen LogP contribution in [0.2, 0.25) is 0 Å². The van der Waals surface area contributed by atoms with Gasteiger partial charge in [-0.05, 0) is 25.0 Å². The zero-order valence-electron chi connectivity index (χ0n) is 10.3. The van der Waals surface area contributed by atoms with Gasteiger partial charge in [-0.25, -0.2) is 13.2 Å². The molecule has 0 N–H and O–H groups in total. The number of hydrogen-bond donors (Lipinski definition) is 0. The molecule has 0 aliphatic heterocycles. The van der Waals surface area contributed by atoms with Gasteiger partial charge in [0.15, 0.2) is 0 Å². The lowest BCUT2D eigenvalue weighted by molar-refractivity contribution is 0.0596. The number of carbonyl (C=O) groups is 1. The molecule has 1 aliphatic carbocycles. The summed E-state index contributed by atoms with van der Waals surface area (Å²) in [6.07, 6.45) is 1.74. The molecule has 0 radical (unpaired) electrons. The number of carbonyl (C=O) groups excluding carboxylic acids is 1. The van der Waals surface area contributed by atoms with E-state index in [-0.39, 0.29) is 16.5 Å². The molecule has 98 valence electrons. The van der Waals surface area contributed by atoms with E-state index in [1.54, 1.807) is 19.2 Å². The molecule has 0 amide bonds. The van der Waals surface area contributed by atoms with Gasteiger partial charge in [-0.3, -0.25) is 0 Å². The van der Waals surface area contributed by atoms with E-state index in [0.717, 1.165) is 12.8 Å². The van der Waals surface area contributed by atoms with Gasteiger partial charge in [-0.15, -0.1) is 0 Å². The third-order valence-corrected chi connectivity index (χ3v) is 4.98. The normalized spacial score (nSPS) is 15.7. The molecular formula is C12H15NO4S. The summed E-state index contributed by atoms with van der Waals surface area (Å²) < 4.78 is 30.7. The largest absolute Gasteiger partial charge is 0.465 e. The van der Waals surface area contributed by atoms with Crippen LogP contribution in [0, 0.1) is 0 Å². The van der Waals surface area contributed by atoms with E-state index in [1.165, 1.54) is 23.5 Å². The van der Waals surface area contributed by atoms with Gasteiger partial charge in [0.25, 0.3) is 0 Å². The highest BCUT2D eigenvalue weighted by molar-refractivity contribution is 7.89. The molecule has 1 aliphatic rings. The average molecular weight is 269 g/mol. The van der Waals surface area contributed by atoms with Crippen LogP contribution in [0.15, 0.2) is 29.2 Å². The van der Waals surface area contributed by atoms with Gasteiger partial charge in [-0.2, -0.15) is 4.31 Å². The Balaban J connectivity index is 2.47. The number of rotatable bonds is 4. The van der Waals surface area contributed by atoms with Gasteiger partial charge in [0.2, 0.25) is 10.0 Å². The topological polar surface area (TPSA) is 63.7 Å². The summed E-state index contributed by atoms with van der Waals surface area (Å²) in [4.78, 5) is 11.6. The molecule has 1 fully saturated rings. The fraction of sp³-hybridized carbons (Fsp3) is 0.417. The summed E-state index contributed by atoms with van der Waals surface area (Å²) in [5.74, 6) is -0.640. The number of nitrogens with zero attached hydrogens (tertiary/aromatic N) is 1. The number of hydrogen-bond acceptors (Lipinski definition) is 4. The van der Waals surface area contributed by atoms with Gasteiger partial charge >= 0.3 is 5.97 Å². The molecule has 0 heterocycles. The van der Waals surface area contributed by atoms with Crippen molar-refractivity contribution in [3.05, 3.63) is 29.8 Å². The fourth-order valence-electron chi connectivity index (χ4n) is 1.76. The maximum Gasteiger partial charge on any atom is 0.339 e. The highest BCUT2D eigenvalue weighted by atomic mass is 32.2. The van der Waals surface area contributed by atoms with Crippen LogP contribution in [-0.2, 0) is 14.8 Å². The van der Waals surface area contributed by atoms with Crippen molar-refractivity contribution in [3.63, 3.8) is 0 Å². The van der Waals surface area contributed by atoms with Crippen molar-refractivity contribution < 1.29 is 17.9 Å². The molecule has 0 bridgehead atoms. The molecule has 0 saturated heterocycles. The molecule has 6 heteroatoms. The zero-order chi connectivity index (χ0) is 13.3. The number of sulfonamides is 1. The second-order valence-electron chi connectivity index (χ2n) is 4.24. The molecule has 0 aromatic heterocycles. The molecular weight excluding hydrogens is 254 g/mol. The Bertz CT molecular complexity index is 563. The Morgan fingerprint density at radius 1 is 1.33 bits per heavy atom. The summed E-state index contributed by atoms with van der Waals surface area (Å²) in [6.45, 7) is 0. The minimum atomic E-state index is -3.63. The molecule has 0 unspecified atom stereocenters. The van der Waals surface area contributed by atoms with E-state index in [0.29, 0.717) is 0 Å². The van der Waals surface area contributed by atoms with Crippen LogP contribution in [-0.4, -0.2) is 38.9 Å². The number of esters is 1. The first-order valence-corrected chi connectivity index (χ1v) is 7.08. The Kier molecular flexibility index (Phi) is 3.41. The Hall–Kier alpha value is -1.40. The Labute approximate surface area is 106 Å². The SMILES string of the molecule is COC(=O)c1ccccc1S(=O)(=O)N(C)C1CC1. The third-order valence-electron chi connectivity index (χ3n) is 3.01. The van der Waals surface area contributed by atoms with Crippen molar-refractivity contribution in [1.82, 2.24) is 4.31 Å². The van der Waals surface area contributed by atoms with E-state index in [2.05, 4.69) is 4.74 Å². The summed E-state index contributed by atoms with van der Waals surface area (Å²) >= 11 is 0. The minimum Gasteiger partial charge on any atom is -0.465 e. The van der Waals surface area contributed by atoms with Crippen LogP contribution in [0.4, 0.5) is 0 Å². The number of ether oxygens (including phenoxy) is 1. The Morgan fingerprint density at radius 3 is 2.50 bits per heavy atom. The lowest BCUT2D eigenvalue weighted by atomic mass is 10.2. The van der Waals surface area contributed by atoms with Crippen LogP contribution in [0.1, 0.15) is 23.2 Å². The number of methoxy groups -OCH3 is 1. The molecule has 1 aromatic rings. The maximum absolute atomic E-state index is 12.4. The molecule has 0 spiro atoms. The maximum atomic E-state index is 12.4. The smallest absolute Gasteiger partial charge is 0.339 e. The minimum absolute atomic E-state index is 0.00579. The van der Waals surface area contributed by atoms with Crippen LogP contribution >= 0.6 is 0 Å². The summed E-state index contributed by atoms with van der Waals surface area (Å²) in [5.41, 5.74) is 0.0764. The second kappa shape index (κ2) is 4.70. The fourth-order valence-corrected chi connectivity index (χ4v) is 3.35. The van der Waals surface area contributed by atoms with Crippen molar-refractivity contribution in [2.45, 2.75) is 23.8 Å². The van der Waals surface area contributed by atoms with Crippen molar-refractivity contribution in [1.29, 1.82) is 0 Å². The Morgan fingerprint density at radius 2 is 1.94 bits per heavy atom. The van der Waals surface area contributed by atoms with Crippen molar-refractivity contribution in [3.8, 4) is 0 Å². The van der Waals surface area contributed by atoms with Gasteiger partial charge in [0.05, 0.1) is 17.6 Å². The first kappa shape index (κ1) is 13.0. The monoisotopic (exact) mass is 269 g/mol. The quantitative estimate of drug-likeness (QED) is 0.772. The van der Waals surface area contributed by atoms with Gasteiger partial charge in [-0.1, -0.05) is 12.1 Å². The van der Waals surface area contributed by atoms with Crippen molar-refractivity contribution in [2.75, 3.05) is 14.2 Å². The van der Waals surface area contributed by atoms with Crippen LogP contribution in [0.3, 0.4) is 0 Å². The summed E-state index contributed by atoms with van der Waals surface area (Å²) in [7, 11) is -0.854. The van der Waals surface area contributed by atoms with E-state index in [4.69, 9.17) is 0 Å². The predicted molar refractivity (Wildman–Crippen MR) is 65.8 cm³/mol. The van der Waals surface area contributed by atoms with Crippen molar-refractivity contribution >= 4 is 16.0 Å². The molecule has 1 aromatic carbocycles. The molecule has 0 atom stereocenters. The highest BCUT2D eigenvalue weighted by Gasteiger charge is 2.36. The van der Waals surface area contributed by atoms with Crippen molar-refractivity contribution in [2.24, 2.45) is 0 Å². The van der Waals surface area contributed by atoms with E-state index >= 15 is 0 Å². The van der Waals surface area contributed by atoms with Gasteiger partial charge < -0.3 is 4.74 Å². The highest BCUT2D eigenvalue weighted by Crippen LogP contribution is 2.31. The zero-order valence-corrected chi connectivity index (χ0v) is 11.1. The van der Waals surface area contributed by atoms with Crippen LogP contribution in [0.5, 0.6) is 0 Å². The first-order valence-electron chi connectivity index (χ1n) is 5.64. The van der Waals surface area contributed by atoms with Gasteiger partial charge in [0, 0.05) is 13.1 Å². The molecule has 1 saturated carbocycles. The van der Waals surface area contributed by atoms with E-state index in [1.807, 2.05) is 0 Å².